The molecule has 0 atom stereocenters. The molecule has 0 fully saturated rings. The highest BCUT2D eigenvalue weighted by Gasteiger charge is 2.21. The molecule has 0 saturated carbocycles. The fourth-order valence-electron chi connectivity index (χ4n) is 14.8. The number of aromatic nitrogens is 2. The summed E-state index contributed by atoms with van der Waals surface area (Å²) in [6.07, 6.45) is 1.75. The zero-order valence-corrected chi connectivity index (χ0v) is 50.7. The van der Waals surface area contributed by atoms with E-state index >= 15 is 0 Å². The number of thiophene rings is 1. The van der Waals surface area contributed by atoms with Crippen LogP contribution in [0.25, 0.3) is 184 Å². The Morgan fingerprint density at radius 3 is 1.21 bits per heavy atom. The predicted molar refractivity (Wildman–Crippen MR) is 394 cm³/mol. The first-order valence-corrected chi connectivity index (χ1v) is 32.0. The van der Waals surface area contributed by atoms with Gasteiger partial charge in [-0.3, -0.25) is 0 Å². The summed E-state index contributed by atoms with van der Waals surface area (Å²) in [5.41, 5.74) is 13.8. The fraction of sp³-hybridized carbons (Fsp3) is 0.0115. The monoisotopic (exact) mass is 1180 g/mol. The lowest BCUT2D eigenvalue weighted by molar-refractivity contribution is 0.671. The van der Waals surface area contributed by atoms with E-state index in [4.69, 9.17) is 4.42 Å². The van der Waals surface area contributed by atoms with E-state index in [-0.39, 0.29) is 0 Å². The van der Waals surface area contributed by atoms with E-state index in [1.807, 2.05) is 24.3 Å². The topological polar surface area (TPSA) is 23.0 Å². The van der Waals surface area contributed by atoms with E-state index in [0.29, 0.717) is 0 Å². The van der Waals surface area contributed by atoms with Crippen LogP contribution in [0.1, 0.15) is 6.92 Å². The molecule has 0 amide bonds. The van der Waals surface area contributed by atoms with Crippen molar-refractivity contribution < 1.29 is 4.42 Å². The number of rotatable bonds is 4. The Labute approximate surface area is 528 Å². The van der Waals surface area contributed by atoms with E-state index in [2.05, 4.69) is 313 Å². The molecule has 20 rings (SSSR count). The molecule has 0 aliphatic carbocycles. The summed E-state index contributed by atoms with van der Waals surface area (Å²) in [6.45, 7) is 5.25. The number of allylic oxidation sites excluding steroid dienone is 1. The molecule has 0 bridgehead atoms. The van der Waals surface area contributed by atoms with Crippen LogP contribution >= 0.6 is 11.3 Å². The van der Waals surface area contributed by atoms with E-state index in [9.17, 15) is 0 Å². The highest BCUT2D eigenvalue weighted by Crippen LogP contribution is 2.46. The highest BCUT2D eigenvalue weighted by atomic mass is 32.1. The van der Waals surface area contributed by atoms with Gasteiger partial charge in [0.2, 0.25) is 0 Å². The number of furan rings is 1. The Bertz CT molecular complexity index is 6280. The van der Waals surface area contributed by atoms with Crippen molar-refractivity contribution >= 4 is 162 Å². The van der Waals surface area contributed by atoms with Gasteiger partial charge < -0.3 is 13.6 Å². The summed E-state index contributed by atoms with van der Waals surface area (Å²) < 4.78 is 14.0. The predicted octanol–water partition coefficient (Wildman–Crippen LogP) is 25.3. The average Bonchev–Trinajstić information content (AvgIpc) is 1.67. The number of hydrogen-bond acceptors (Lipinski definition) is 2. The van der Waals surface area contributed by atoms with E-state index in [0.717, 1.165) is 33.1 Å². The largest absolute Gasteiger partial charge is 0.454 e. The highest BCUT2D eigenvalue weighted by molar-refractivity contribution is 7.26. The zero-order valence-electron chi connectivity index (χ0n) is 49.9. The number of nitrogens with zero attached hydrogens (tertiary/aromatic N) is 2. The molecular formula is C87H56N2OS. The third-order valence-electron chi connectivity index (χ3n) is 18.8. The molecule has 0 unspecified atom stereocenters. The van der Waals surface area contributed by atoms with Crippen molar-refractivity contribution in [2.24, 2.45) is 0 Å². The van der Waals surface area contributed by atoms with Crippen LogP contribution in [0.3, 0.4) is 0 Å². The number of benzene rings is 16. The van der Waals surface area contributed by atoms with Crippen LogP contribution in [-0.2, 0) is 0 Å². The molecular weight excluding hydrogens is 1120 g/mol. The molecule has 426 valence electrons. The van der Waals surface area contributed by atoms with Crippen LogP contribution in [0.2, 0.25) is 0 Å². The molecule has 0 N–H and O–H groups in total. The summed E-state index contributed by atoms with van der Waals surface area (Å²) in [5.74, 6) is 0. The van der Waals surface area contributed by atoms with E-state index < -0.39 is 0 Å². The second-order valence-electron chi connectivity index (χ2n) is 23.8. The molecule has 0 spiro atoms. The van der Waals surface area contributed by atoms with Crippen molar-refractivity contribution in [3.63, 3.8) is 0 Å². The van der Waals surface area contributed by atoms with Crippen molar-refractivity contribution in [1.82, 2.24) is 9.13 Å². The molecule has 16 aromatic carbocycles. The van der Waals surface area contributed by atoms with Crippen LogP contribution in [0, 0.1) is 0 Å². The first-order chi connectivity index (χ1) is 45.1. The Kier molecular flexibility index (Phi) is 12.2. The van der Waals surface area contributed by atoms with Gasteiger partial charge in [-0.1, -0.05) is 231 Å². The summed E-state index contributed by atoms with van der Waals surface area (Å²) in [6, 6.07) is 111. The second kappa shape index (κ2) is 21.1. The van der Waals surface area contributed by atoms with E-state index in [1.165, 1.54) is 151 Å². The number of hydrogen-bond donors (Lipinski definition) is 0. The summed E-state index contributed by atoms with van der Waals surface area (Å²) in [7, 11) is 0. The molecule has 0 radical (unpaired) electrons. The summed E-state index contributed by atoms with van der Waals surface area (Å²) in [5, 5.41) is 25.7. The van der Waals surface area contributed by atoms with Crippen molar-refractivity contribution in [3.05, 3.63) is 316 Å². The lowest BCUT2D eigenvalue weighted by Gasteiger charge is -2.13. The van der Waals surface area contributed by atoms with Gasteiger partial charge in [0.15, 0.2) is 5.58 Å². The molecule has 4 heteroatoms. The van der Waals surface area contributed by atoms with Gasteiger partial charge in [0, 0.05) is 63.9 Å². The van der Waals surface area contributed by atoms with Gasteiger partial charge in [-0.15, -0.1) is 17.9 Å². The molecule has 20 aromatic rings. The van der Waals surface area contributed by atoms with Gasteiger partial charge >= 0.3 is 0 Å². The smallest absolute Gasteiger partial charge is 0.160 e. The summed E-state index contributed by atoms with van der Waals surface area (Å²) in [4.78, 5) is 0. The maximum Gasteiger partial charge on any atom is 0.160 e. The molecule has 0 aliphatic heterocycles. The third-order valence-corrected chi connectivity index (χ3v) is 19.9. The lowest BCUT2D eigenvalue weighted by Crippen LogP contribution is -1.94. The average molecular weight is 1180 g/mol. The van der Waals surface area contributed by atoms with Gasteiger partial charge in [0.25, 0.3) is 0 Å². The second-order valence-corrected chi connectivity index (χ2v) is 24.9. The van der Waals surface area contributed by atoms with Crippen molar-refractivity contribution in [2.75, 3.05) is 0 Å². The molecule has 4 heterocycles. The van der Waals surface area contributed by atoms with E-state index in [1.54, 1.807) is 6.08 Å². The maximum absolute atomic E-state index is 6.54. The Morgan fingerprint density at radius 1 is 0.286 bits per heavy atom. The minimum Gasteiger partial charge on any atom is -0.454 e. The standard InChI is InChI=1S/C42H25NO.C42H25NS.C3H6/c1-2-11-31-29(9-1)30-10-3-4-12-32(30)38-25-27(19-22-33(31)38)26-17-20-28(21-18-26)43-39-15-7-5-13-34(39)36-23-24-37-35-14-6-8-16-40(35)44-42(37)41(36)43;1-2-11-31-29(9-1)30-10-3-4-12-32(30)36-25-27(19-22-33(31)36)26-17-20-28(21-18-26)43-37-15-7-5-13-34(37)41-38(43)23-24-40-42(41)35-14-6-8-16-39(35)44-40;1-3-2/h2*1-25H;3H,1H2,2H3. The third kappa shape index (κ3) is 8.20. The van der Waals surface area contributed by atoms with Gasteiger partial charge in [0.05, 0.1) is 22.1 Å². The molecule has 0 aliphatic rings. The van der Waals surface area contributed by atoms with Crippen LogP contribution in [0.4, 0.5) is 0 Å². The Hall–Kier alpha value is -11.6. The molecule has 0 saturated heterocycles. The number of fused-ring (bicyclic) bond motifs is 26. The fourth-order valence-corrected chi connectivity index (χ4v) is 15.9. The quantitative estimate of drug-likeness (QED) is 0.127. The molecule has 91 heavy (non-hydrogen) atoms. The minimum absolute atomic E-state index is 0.916. The van der Waals surface area contributed by atoms with Crippen LogP contribution in [-0.4, -0.2) is 9.13 Å². The van der Waals surface area contributed by atoms with Crippen LogP contribution < -0.4 is 0 Å². The normalized spacial score (nSPS) is 11.8. The van der Waals surface area contributed by atoms with Crippen molar-refractivity contribution in [3.8, 4) is 33.6 Å². The maximum atomic E-state index is 6.54. The molecule has 3 nitrogen and oxygen atoms in total. The first-order valence-electron chi connectivity index (χ1n) is 31.2. The SMILES string of the molecule is C=CC.c1ccc2c(c1)oc1c2ccc2c3ccccc3n(-c3ccc(-c4ccc5c6ccccc6c6ccccc6c5c4)cc3)c21.c1ccc2c(c1)sc1ccc3c(c4ccccc4n3-c3ccc(-c4ccc5c6ccccc6c6ccccc6c5c4)cc3)c12. The van der Waals surface area contributed by atoms with Crippen LogP contribution in [0.5, 0.6) is 0 Å². The Morgan fingerprint density at radius 2 is 0.670 bits per heavy atom. The number of para-hydroxylation sites is 3. The summed E-state index contributed by atoms with van der Waals surface area (Å²) >= 11 is 1.88. The minimum atomic E-state index is 0.916. The van der Waals surface area contributed by atoms with Crippen LogP contribution in [0.15, 0.2) is 320 Å². The Balaban J connectivity index is 0.000000129. The van der Waals surface area contributed by atoms with Crippen molar-refractivity contribution in [1.29, 1.82) is 0 Å². The van der Waals surface area contributed by atoms with Gasteiger partial charge in [0.1, 0.15) is 5.58 Å². The van der Waals surface area contributed by atoms with Gasteiger partial charge in [-0.25, -0.2) is 0 Å². The lowest BCUT2D eigenvalue weighted by atomic mass is 9.92. The molecule has 4 aromatic heterocycles. The van der Waals surface area contributed by atoms with Gasteiger partial charge in [-0.05, 0) is 173 Å². The first kappa shape index (κ1) is 52.6. The van der Waals surface area contributed by atoms with Crippen molar-refractivity contribution in [2.45, 2.75) is 6.92 Å². The van der Waals surface area contributed by atoms with Gasteiger partial charge in [-0.2, -0.15) is 0 Å². The zero-order chi connectivity index (χ0) is 60.3.